The summed E-state index contributed by atoms with van der Waals surface area (Å²) in [5.74, 6) is 3.26. The lowest BCUT2D eigenvalue weighted by atomic mass is 9.77. The van der Waals surface area contributed by atoms with Gasteiger partial charge in [0.05, 0.1) is 16.4 Å². The molecular formula is C29H39N7. The molecule has 0 radical (unpaired) electrons. The zero-order chi connectivity index (χ0) is 24.9. The number of nitrogens with two attached hydrogens (primary N) is 1. The zero-order valence-electron chi connectivity index (χ0n) is 21.8. The van der Waals surface area contributed by atoms with Crippen LogP contribution in [0.2, 0.25) is 0 Å². The molecule has 0 unspecified atom stereocenters. The molecule has 0 aliphatic heterocycles. The van der Waals surface area contributed by atoms with Crippen molar-refractivity contribution in [2.24, 2.45) is 11.8 Å². The average molecular weight is 486 g/mol. The third kappa shape index (κ3) is 4.61. The molecule has 0 bridgehead atoms. The number of aromatic amines is 1. The van der Waals surface area contributed by atoms with E-state index in [4.69, 9.17) is 10.7 Å². The van der Waals surface area contributed by atoms with Crippen molar-refractivity contribution in [3.05, 3.63) is 48.2 Å². The Hall–Kier alpha value is -2.93. The Bertz CT molecular complexity index is 1360. The fourth-order valence-corrected chi connectivity index (χ4v) is 6.23. The van der Waals surface area contributed by atoms with Gasteiger partial charge in [-0.15, -0.1) is 0 Å². The first-order valence-corrected chi connectivity index (χ1v) is 13.6. The van der Waals surface area contributed by atoms with Gasteiger partial charge in [0.1, 0.15) is 23.6 Å². The molecule has 2 fully saturated rings. The highest BCUT2D eigenvalue weighted by Gasteiger charge is 2.31. The van der Waals surface area contributed by atoms with Crippen LogP contribution in [0.15, 0.2) is 36.8 Å². The molecule has 7 nitrogen and oxygen atoms in total. The summed E-state index contributed by atoms with van der Waals surface area (Å²) in [6.07, 6.45) is 12.3. The van der Waals surface area contributed by atoms with Crippen molar-refractivity contribution in [3.63, 3.8) is 0 Å². The maximum Gasteiger partial charge on any atom is 0.145 e. The van der Waals surface area contributed by atoms with Gasteiger partial charge in [0.2, 0.25) is 0 Å². The smallest absolute Gasteiger partial charge is 0.145 e. The number of nitrogen functional groups attached to an aromatic ring is 1. The van der Waals surface area contributed by atoms with Crippen LogP contribution in [0.3, 0.4) is 0 Å². The van der Waals surface area contributed by atoms with E-state index in [0.717, 1.165) is 47.2 Å². The van der Waals surface area contributed by atoms with E-state index in [0.29, 0.717) is 17.9 Å². The Morgan fingerprint density at radius 1 is 1.08 bits per heavy atom. The molecule has 2 atom stereocenters. The molecule has 6 rings (SSSR count). The number of rotatable bonds is 7. The fraction of sp³-hybridized carbons (Fsp3) is 0.552. The standard InChI is InChI=1S/C29H39N7/c1-29(2,3)20-6-8-24-25(15-20)35-26(34-24)9-5-18-12-21(13-18)31-16-19-4-7-22(14-19)36-11-10-23-27(30)32-17-33-28(23)36/h6,8,10-11,15,17-19,21-22,31H,4-5,7,9,12-14,16H2,1-3H3,(H,34,35)(H2,30,32,33)/t18?,19-,21?,22+/m1/s1. The number of anilines is 1. The van der Waals surface area contributed by atoms with Crippen LogP contribution in [0.5, 0.6) is 0 Å². The van der Waals surface area contributed by atoms with E-state index in [9.17, 15) is 0 Å². The van der Waals surface area contributed by atoms with E-state index in [1.54, 1.807) is 6.33 Å². The first kappa shape index (κ1) is 23.5. The zero-order valence-corrected chi connectivity index (χ0v) is 21.8. The number of aromatic nitrogens is 5. The lowest BCUT2D eigenvalue weighted by molar-refractivity contribution is 0.202. The topological polar surface area (TPSA) is 97.4 Å². The van der Waals surface area contributed by atoms with Gasteiger partial charge in [-0.1, -0.05) is 26.8 Å². The molecule has 0 amide bonds. The minimum atomic E-state index is 0.160. The predicted molar refractivity (Wildman–Crippen MR) is 146 cm³/mol. The summed E-state index contributed by atoms with van der Waals surface area (Å²) >= 11 is 0. The van der Waals surface area contributed by atoms with Gasteiger partial charge in [0.15, 0.2) is 0 Å². The highest BCUT2D eigenvalue weighted by Crippen LogP contribution is 2.38. The van der Waals surface area contributed by atoms with Crippen molar-refractivity contribution in [2.75, 3.05) is 12.3 Å². The van der Waals surface area contributed by atoms with Crippen LogP contribution in [0.4, 0.5) is 5.82 Å². The maximum absolute atomic E-state index is 6.02. The second kappa shape index (κ2) is 9.18. The van der Waals surface area contributed by atoms with Gasteiger partial charge in [0, 0.05) is 24.7 Å². The van der Waals surface area contributed by atoms with Gasteiger partial charge in [-0.2, -0.15) is 0 Å². The number of hydrogen-bond donors (Lipinski definition) is 3. The molecule has 0 spiro atoms. The Kier molecular flexibility index (Phi) is 5.98. The highest BCUT2D eigenvalue weighted by atomic mass is 15.1. The van der Waals surface area contributed by atoms with Crippen LogP contribution < -0.4 is 11.1 Å². The summed E-state index contributed by atoms with van der Waals surface area (Å²) in [5.41, 5.74) is 10.8. The Labute approximate surface area is 213 Å². The van der Waals surface area contributed by atoms with Gasteiger partial charge in [-0.05, 0) is 86.1 Å². The van der Waals surface area contributed by atoms with Crippen molar-refractivity contribution in [2.45, 2.75) is 83.2 Å². The summed E-state index contributed by atoms with van der Waals surface area (Å²) in [5, 5.41) is 4.83. The van der Waals surface area contributed by atoms with E-state index >= 15 is 0 Å². The predicted octanol–water partition coefficient (Wildman–Crippen LogP) is 5.53. The number of fused-ring (bicyclic) bond motifs is 2. The molecular weight excluding hydrogens is 446 g/mol. The monoisotopic (exact) mass is 485 g/mol. The van der Waals surface area contributed by atoms with E-state index < -0.39 is 0 Å². The maximum atomic E-state index is 6.02. The number of H-pyrrole nitrogens is 1. The van der Waals surface area contributed by atoms with Gasteiger partial charge in [0.25, 0.3) is 0 Å². The van der Waals surface area contributed by atoms with Gasteiger partial charge in [-0.3, -0.25) is 0 Å². The van der Waals surface area contributed by atoms with Gasteiger partial charge < -0.3 is 20.6 Å². The normalized spacial score (nSPS) is 24.5. The molecule has 7 heteroatoms. The molecule has 2 aliphatic rings. The van der Waals surface area contributed by atoms with Crippen LogP contribution in [-0.2, 0) is 11.8 Å². The molecule has 0 saturated heterocycles. The van der Waals surface area contributed by atoms with Gasteiger partial charge >= 0.3 is 0 Å². The summed E-state index contributed by atoms with van der Waals surface area (Å²) in [4.78, 5) is 17.0. The highest BCUT2D eigenvalue weighted by molar-refractivity contribution is 5.86. The van der Waals surface area contributed by atoms with E-state index in [1.165, 1.54) is 49.6 Å². The average Bonchev–Trinajstić information content (AvgIpc) is 3.54. The quantitative estimate of drug-likeness (QED) is 0.320. The molecule has 3 heterocycles. The van der Waals surface area contributed by atoms with Gasteiger partial charge in [-0.25, -0.2) is 15.0 Å². The van der Waals surface area contributed by atoms with Crippen molar-refractivity contribution < 1.29 is 0 Å². The Morgan fingerprint density at radius 2 is 1.94 bits per heavy atom. The minimum absolute atomic E-state index is 0.160. The molecule has 3 aromatic heterocycles. The van der Waals surface area contributed by atoms with Crippen LogP contribution in [0.25, 0.3) is 22.1 Å². The summed E-state index contributed by atoms with van der Waals surface area (Å²) < 4.78 is 2.31. The second-order valence-electron chi connectivity index (χ2n) is 12.2. The summed E-state index contributed by atoms with van der Waals surface area (Å²) in [6.45, 7) is 7.90. The first-order chi connectivity index (χ1) is 17.3. The Balaban J connectivity index is 0.944. The summed E-state index contributed by atoms with van der Waals surface area (Å²) in [6, 6.07) is 9.89. The number of nitrogens with zero attached hydrogens (tertiary/aromatic N) is 4. The molecule has 2 saturated carbocycles. The summed E-state index contributed by atoms with van der Waals surface area (Å²) in [7, 11) is 0. The molecule has 4 aromatic rings. The van der Waals surface area contributed by atoms with E-state index in [1.807, 2.05) is 0 Å². The van der Waals surface area contributed by atoms with Crippen LogP contribution in [0.1, 0.15) is 76.7 Å². The Morgan fingerprint density at radius 3 is 2.78 bits per heavy atom. The fourth-order valence-electron chi connectivity index (χ4n) is 6.23. The lowest BCUT2D eigenvalue weighted by Gasteiger charge is -2.36. The van der Waals surface area contributed by atoms with Crippen molar-refractivity contribution in [1.29, 1.82) is 0 Å². The van der Waals surface area contributed by atoms with Crippen LogP contribution >= 0.6 is 0 Å². The number of nitrogens with one attached hydrogen (secondary N) is 2. The molecule has 1 aromatic carbocycles. The van der Waals surface area contributed by atoms with Crippen molar-refractivity contribution in [1.82, 2.24) is 29.8 Å². The van der Waals surface area contributed by atoms with E-state index in [-0.39, 0.29) is 5.41 Å². The van der Waals surface area contributed by atoms with E-state index in [2.05, 4.69) is 76.1 Å². The van der Waals surface area contributed by atoms with Crippen molar-refractivity contribution in [3.8, 4) is 0 Å². The number of aryl methyl sites for hydroxylation is 1. The SMILES string of the molecule is CC(C)(C)c1ccc2nc(CCC3CC(NC[C@@H]4CC[C@H](n5ccc6c(N)ncnc65)C4)C3)[nH]c2c1. The minimum Gasteiger partial charge on any atom is -0.383 e. The number of hydrogen-bond acceptors (Lipinski definition) is 5. The lowest BCUT2D eigenvalue weighted by Crippen LogP contribution is -2.43. The number of benzene rings is 1. The van der Waals surface area contributed by atoms with Crippen LogP contribution in [-0.4, -0.2) is 37.1 Å². The number of imidazole rings is 1. The molecule has 4 N–H and O–H groups in total. The first-order valence-electron chi connectivity index (χ1n) is 13.6. The van der Waals surface area contributed by atoms with Crippen molar-refractivity contribution >= 4 is 27.9 Å². The largest absolute Gasteiger partial charge is 0.383 e. The molecule has 36 heavy (non-hydrogen) atoms. The molecule has 2 aliphatic carbocycles. The molecule has 190 valence electrons. The van der Waals surface area contributed by atoms with Crippen LogP contribution in [0, 0.1) is 11.8 Å². The third-order valence-electron chi connectivity index (χ3n) is 8.56. The third-order valence-corrected chi connectivity index (χ3v) is 8.56. The second-order valence-corrected chi connectivity index (χ2v) is 12.2.